The van der Waals surface area contributed by atoms with Gasteiger partial charge in [-0.15, -0.1) is 0 Å². The minimum atomic E-state index is -0.393. The number of allylic oxidation sites excluding steroid dienone is 1. The van der Waals surface area contributed by atoms with Gasteiger partial charge in [-0.1, -0.05) is 73.5 Å². The number of hydrogen-bond acceptors (Lipinski definition) is 2. The maximum atomic E-state index is 13.4. The van der Waals surface area contributed by atoms with Crippen molar-refractivity contribution in [3.8, 4) is 0 Å². The average molecular weight is 430 g/mol. The van der Waals surface area contributed by atoms with Gasteiger partial charge < -0.3 is 4.74 Å². The predicted octanol–water partition coefficient (Wildman–Crippen LogP) is 5.69. The van der Waals surface area contributed by atoms with E-state index in [9.17, 15) is 4.79 Å². The minimum Gasteiger partial charge on any atom is -0.483 e. The first-order valence-corrected chi connectivity index (χ1v) is 9.52. The molecule has 0 aromatic heterocycles. The average Bonchev–Trinajstić information content (AvgIpc) is 3.12. The van der Waals surface area contributed by atoms with Crippen molar-refractivity contribution in [1.29, 1.82) is 0 Å². The summed E-state index contributed by atoms with van der Waals surface area (Å²) >= 11 is 2.18. The van der Waals surface area contributed by atoms with Crippen LogP contribution >= 0.6 is 22.6 Å². The van der Waals surface area contributed by atoms with Crippen LogP contribution in [0, 0.1) is 5.41 Å². The van der Waals surface area contributed by atoms with Gasteiger partial charge >= 0.3 is 0 Å². The Kier molecular flexibility index (Phi) is 4.21. The Balaban J connectivity index is 1.85. The van der Waals surface area contributed by atoms with Crippen LogP contribution in [0.1, 0.15) is 42.9 Å². The number of carbonyl (C=O) groups is 1. The van der Waals surface area contributed by atoms with Crippen LogP contribution in [0.5, 0.6) is 0 Å². The van der Waals surface area contributed by atoms with Crippen molar-refractivity contribution >= 4 is 34.1 Å². The van der Waals surface area contributed by atoms with Crippen molar-refractivity contribution in [2.24, 2.45) is 5.41 Å². The zero-order chi connectivity index (χ0) is 16.6. The van der Waals surface area contributed by atoms with E-state index in [1.165, 1.54) is 0 Å². The van der Waals surface area contributed by atoms with Crippen LogP contribution in [-0.4, -0.2) is 5.78 Å². The SMILES string of the molecule is O=C1C(I)=C(c2ccccc2)O[C@H](c2ccccc2)C12CCCC2. The number of halogens is 1. The quantitative estimate of drug-likeness (QED) is 0.573. The van der Waals surface area contributed by atoms with E-state index in [1.807, 2.05) is 48.5 Å². The molecule has 2 aromatic rings. The Morgan fingerprint density at radius 3 is 2.12 bits per heavy atom. The predicted molar refractivity (Wildman–Crippen MR) is 104 cm³/mol. The molecule has 1 aliphatic carbocycles. The van der Waals surface area contributed by atoms with E-state index in [0.29, 0.717) is 0 Å². The zero-order valence-corrected chi connectivity index (χ0v) is 15.5. The van der Waals surface area contributed by atoms with Crippen LogP contribution in [0.25, 0.3) is 5.76 Å². The molecule has 2 nitrogen and oxygen atoms in total. The number of ketones is 1. The molecule has 4 rings (SSSR count). The van der Waals surface area contributed by atoms with Gasteiger partial charge in [0, 0.05) is 5.56 Å². The minimum absolute atomic E-state index is 0.192. The van der Waals surface area contributed by atoms with Gasteiger partial charge in [0.25, 0.3) is 0 Å². The number of hydrogen-bond donors (Lipinski definition) is 0. The lowest BCUT2D eigenvalue weighted by Crippen LogP contribution is -2.40. The van der Waals surface area contributed by atoms with Crippen LogP contribution in [-0.2, 0) is 9.53 Å². The summed E-state index contributed by atoms with van der Waals surface area (Å²) in [7, 11) is 0. The van der Waals surface area contributed by atoms with Crippen molar-refractivity contribution in [1.82, 2.24) is 0 Å². The summed E-state index contributed by atoms with van der Waals surface area (Å²) in [6.07, 6.45) is 3.84. The van der Waals surface area contributed by atoms with Crippen LogP contribution in [0.3, 0.4) is 0 Å². The van der Waals surface area contributed by atoms with Gasteiger partial charge in [-0.2, -0.15) is 0 Å². The molecule has 1 saturated carbocycles. The van der Waals surface area contributed by atoms with Crippen molar-refractivity contribution in [3.63, 3.8) is 0 Å². The molecular weight excluding hydrogens is 411 g/mol. The first-order valence-electron chi connectivity index (χ1n) is 8.44. The standard InChI is InChI=1S/C21H19IO2/c22-17-18(15-9-3-1-4-10-15)24-20(16-11-5-2-6-12-16)21(19(17)23)13-7-8-14-21/h1-6,9-12,20H,7-8,13-14H2/t20-/m1/s1. The Morgan fingerprint density at radius 1 is 0.917 bits per heavy atom. The maximum absolute atomic E-state index is 13.4. The highest BCUT2D eigenvalue weighted by Crippen LogP contribution is 2.56. The lowest BCUT2D eigenvalue weighted by atomic mass is 9.72. The molecule has 122 valence electrons. The number of Topliss-reactive ketones (excluding diaryl/α,β-unsaturated/α-hetero) is 1. The van der Waals surface area contributed by atoms with E-state index in [0.717, 1.165) is 46.1 Å². The van der Waals surface area contributed by atoms with Gasteiger partial charge in [0.15, 0.2) is 5.78 Å². The molecule has 2 aromatic carbocycles. The lowest BCUT2D eigenvalue weighted by Gasteiger charge is -2.41. The highest BCUT2D eigenvalue weighted by Gasteiger charge is 2.53. The van der Waals surface area contributed by atoms with E-state index in [2.05, 4.69) is 34.7 Å². The summed E-state index contributed by atoms with van der Waals surface area (Å²) < 4.78 is 7.27. The third-order valence-electron chi connectivity index (χ3n) is 5.22. The Bertz CT molecular complexity index is 774. The second kappa shape index (κ2) is 6.36. The highest BCUT2D eigenvalue weighted by atomic mass is 127. The molecule has 1 atom stereocenters. The van der Waals surface area contributed by atoms with Crippen molar-refractivity contribution in [3.05, 3.63) is 75.4 Å². The molecule has 1 aliphatic heterocycles. The Labute approximate surface area is 156 Å². The summed E-state index contributed by atoms with van der Waals surface area (Å²) in [5, 5.41) is 0. The lowest BCUT2D eigenvalue weighted by molar-refractivity contribution is -0.133. The van der Waals surface area contributed by atoms with Crippen LogP contribution < -0.4 is 0 Å². The molecule has 0 unspecified atom stereocenters. The van der Waals surface area contributed by atoms with Crippen molar-refractivity contribution < 1.29 is 9.53 Å². The Morgan fingerprint density at radius 2 is 1.50 bits per heavy atom. The third-order valence-corrected chi connectivity index (χ3v) is 6.20. The van der Waals surface area contributed by atoms with E-state index in [4.69, 9.17) is 4.74 Å². The maximum Gasteiger partial charge on any atom is 0.182 e. The second-order valence-corrected chi connectivity index (χ2v) is 7.69. The van der Waals surface area contributed by atoms with Gasteiger partial charge in [-0.25, -0.2) is 0 Å². The molecule has 0 radical (unpaired) electrons. The van der Waals surface area contributed by atoms with Crippen molar-refractivity contribution in [2.45, 2.75) is 31.8 Å². The van der Waals surface area contributed by atoms with Gasteiger partial charge in [-0.3, -0.25) is 4.79 Å². The van der Waals surface area contributed by atoms with Gasteiger partial charge in [0.1, 0.15) is 11.9 Å². The molecule has 0 N–H and O–H groups in total. The zero-order valence-electron chi connectivity index (χ0n) is 13.4. The largest absolute Gasteiger partial charge is 0.483 e. The number of rotatable bonds is 2. The van der Waals surface area contributed by atoms with Gasteiger partial charge in [-0.05, 0) is 41.0 Å². The van der Waals surface area contributed by atoms with Crippen LogP contribution in [0.4, 0.5) is 0 Å². The number of benzene rings is 2. The topological polar surface area (TPSA) is 26.3 Å². The third kappa shape index (κ3) is 2.50. The van der Waals surface area contributed by atoms with Gasteiger partial charge in [0.05, 0.1) is 8.99 Å². The second-order valence-electron chi connectivity index (χ2n) is 6.61. The highest BCUT2D eigenvalue weighted by molar-refractivity contribution is 14.1. The first kappa shape index (κ1) is 15.9. The molecule has 2 aliphatic rings. The van der Waals surface area contributed by atoms with E-state index < -0.39 is 5.41 Å². The summed E-state index contributed by atoms with van der Waals surface area (Å²) in [5.41, 5.74) is 1.69. The van der Waals surface area contributed by atoms with E-state index in [-0.39, 0.29) is 11.9 Å². The fraction of sp³-hybridized carbons (Fsp3) is 0.286. The van der Waals surface area contributed by atoms with E-state index >= 15 is 0 Å². The summed E-state index contributed by atoms with van der Waals surface area (Å²) in [6.45, 7) is 0. The molecule has 3 heteroatoms. The van der Waals surface area contributed by atoms with Crippen LogP contribution in [0.15, 0.2) is 64.2 Å². The fourth-order valence-electron chi connectivity index (χ4n) is 4.02. The summed E-state index contributed by atoms with van der Waals surface area (Å²) in [4.78, 5) is 13.4. The number of ether oxygens (including phenoxy) is 1. The monoisotopic (exact) mass is 430 g/mol. The molecule has 0 bridgehead atoms. The Hall–Kier alpha value is -1.62. The first-order chi connectivity index (χ1) is 11.7. The summed E-state index contributed by atoms with van der Waals surface area (Å²) in [5.74, 6) is 0.993. The molecule has 0 amide bonds. The van der Waals surface area contributed by atoms with Gasteiger partial charge in [0.2, 0.25) is 0 Å². The van der Waals surface area contributed by atoms with Crippen molar-refractivity contribution in [2.75, 3.05) is 0 Å². The molecule has 1 heterocycles. The van der Waals surface area contributed by atoms with E-state index in [1.54, 1.807) is 0 Å². The fourth-order valence-corrected chi connectivity index (χ4v) is 4.99. The molecule has 1 spiro atoms. The number of carbonyl (C=O) groups excluding carboxylic acids is 1. The molecule has 24 heavy (non-hydrogen) atoms. The molecular formula is C21H19IO2. The molecule has 1 fully saturated rings. The normalized spacial score (nSPS) is 22.7. The summed E-state index contributed by atoms with van der Waals surface area (Å²) in [6, 6.07) is 20.2. The smallest absolute Gasteiger partial charge is 0.182 e. The van der Waals surface area contributed by atoms with Crippen LogP contribution in [0.2, 0.25) is 0 Å². The molecule has 0 saturated heterocycles.